The van der Waals surface area contributed by atoms with Crippen LogP contribution in [0.4, 0.5) is 0 Å². The monoisotopic (exact) mass is 238 g/mol. The van der Waals surface area contributed by atoms with E-state index in [2.05, 4.69) is 6.92 Å². The van der Waals surface area contributed by atoms with E-state index in [1.54, 1.807) is 0 Å². The van der Waals surface area contributed by atoms with E-state index in [-0.39, 0.29) is 13.2 Å². The van der Waals surface area contributed by atoms with Crippen molar-refractivity contribution in [2.24, 2.45) is 0 Å². The van der Waals surface area contributed by atoms with Crippen molar-refractivity contribution >= 4 is 0 Å². The second-order valence-corrected chi connectivity index (χ2v) is 4.13. The summed E-state index contributed by atoms with van der Waals surface area (Å²) in [5.41, 5.74) is 1.96. The van der Waals surface area contributed by atoms with E-state index in [1.165, 1.54) is 0 Å². The SMILES string of the molecule is CCCCOc1ccc(CCCO)cc1CO. The summed E-state index contributed by atoms with van der Waals surface area (Å²) in [4.78, 5) is 0. The average Bonchev–Trinajstić information content (AvgIpc) is 2.37. The van der Waals surface area contributed by atoms with Gasteiger partial charge in [0.15, 0.2) is 0 Å². The van der Waals surface area contributed by atoms with E-state index >= 15 is 0 Å². The number of benzene rings is 1. The summed E-state index contributed by atoms with van der Waals surface area (Å²) in [6.45, 7) is 3.01. The quantitative estimate of drug-likeness (QED) is 0.683. The van der Waals surface area contributed by atoms with Gasteiger partial charge in [-0.1, -0.05) is 19.4 Å². The molecule has 2 N–H and O–H groups in total. The van der Waals surface area contributed by atoms with Crippen LogP contribution in [0.25, 0.3) is 0 Å². The van der Waals surface area contributed by atoms with Gasteiger partial charge in [0, 0.05) is 12.2 Å². The maximum atomic E-state index is 9.30. The van der Waals surface area contributed by atoms with Crippen LogP contribution in [-0.2, 0) is 13.0 Å². The fourth-order valence-electron chi connectivity index (χ4n) is 1.66. The Hall–Kier alpha value is -1.06. The van der Waals surface area contributed by atoms with Crippen LogP contribution in [-0.4, -0.2) is 23.4 Å². The first-order valence-electron chi connectivity index (χ1n) is 6.28. The van der Waals surface area contributed by atoms with Crippen LogP contribution >= 0.6 is 0 Å². The van der Waals surface area contributed by atoms with Gasteiger partial charge in [-0.2, -0.15) is 0 Å². The average molecular weight is 238 g/mol. The summed E-state index contributed by atoms with van der Waals surface area (Å²) in [5.74, 6) is 0.772. The first kappa shape index (κ1) is 14.0. The fraction of sp³-hybridized carbons (Fsp3) is 0.571. The Balaban J connectivity index is 2.64. The van der Waals surface area contributed by atoms with Gasteiger partial charge in [-0.3, -0.25) is 0 Å². The van der Waals surface area contributed by atoms with Crippen LogP contribution in [0.1, 0.15) is 37.3 Å². The highest BCUT2D eigenvalue weighted by atomic mass is 16.5. The van der Waals surface area contributed by atoms with Crippen LogP contribution in [0.2, 0.25) is 0 Å². The lowest BCUT2D eigenvalue weighted by Crippen LogP contribution is -2.01. The van der Waals surface area contributed by atoms with Crippen LogP contribution < -0.4 is 4.74 Å². The van der Waals surface area contributed by atoms with Gasteiger partial charge in [-0.15, -0.1) is 0 Å². The predicted octanol–water partition coefficient (Wildman–Crippen LogP) is 2.28. The van der Waals surface area contributed by atoms with E-state index < -0.39 is 0 Å². The second-order valence-electron chi connectivity index (χ2n) is 4.13. The van der Waals surface area contributed by atoms with Gasteiger partial charge in [0.05, 0.1) is 13.2 Å². The molecule has 0 bridgehead atoms. The van der Waals surface area contributed by atoms with Crippen LogP contribution in [0, 0.1) is 0 Å². The fourth-order valence-corrected chi connectivity index (χ4v) is 1.66. The number of ether oxygens (including phenoxy) is 1. The molecule has 0 atom stereocenters. The zero-order valence-electron chi connectivity index (χ0n) is 10.5. The number of aliphatic hydroxyl groups is 2. The van der Waals surface area contributed by atoms with E-state index in [0.29, 0.717) is 6.61 Å². The topological polar surface area (TPSA) is 49.7 Å². The van der Waals surface area contributed by atoms with Crippen molar-refractivity contribution in [2.45, 2.75) is 39.2 Å². The molecule has 96 valence electrons. The Bertz CT molecular complexity index is 323. The first-order chi connectivity index (χ1) is 8.31. The molecule has 0 aliphatic rings. The maximum absolute atomic E-state index is 9.30. The molecule has 0 aliphatic carbocycles. The molecule has 3 heteroatoms. The summed E-state index contributed by atoms with van der Waals surface area (Å²) in [6, 6.07) is 5.86. The molecule has 0 aromatic heterocycles. The van der Waals surface area contributed by atoms with E-state index in [1.807, 2.05) is 18.2 Å². The standard InChI is InChI=1S/C14H22O3/c1-2-3-9-17-14-7-6-12(5-4-8-15)10-13(14)11-16/h6-7,10,15-16H,2-5,8-9,11H2,1H3. The molecule has 0 radical (unpaired) electrons. The Morgan fingerprint density at radius 3 is 2.65 bits per heavy atom. The van der Waals surface area contributed by atoms with Gasteiger partial charge in [-0.25, -0.2) is 0 Å². The third-order valence-corrected chi connectivity index (χ3v) is 2.67. The molecule has 0 saturated carbocycles. The Morgan fingerprint density at radius 1 is 1.18 bits per heavy atom. The van der Waals surface area contributed by atoms with Gasteiger partial charge in [-0.05, 0) is 37.0 Å². The minimum Gasteiger partial charge on any atom is -0.493 e. The smallest absolute Gasteiger partial charge is 0.124 e. The number of unbranched alkanes of at least 4 members (excludes halogenated alkanes) is 1. The summed E-state index contributed by atoms with van der Waals surface area (Å²) in [5, 5.41) is 18.1. The zero-order chi connectivity index (χ0) is 12.5. The lowest BCUT2D eigenvalue weighted by Gasteiger charge is -2.11. The van der Waals surface area contributed by atoms with Crippen LogP contribution in [0.3, 0.4) is 0 Å². The molecule has 1 aromatic carbocycles. The normalized spacial score (nSPS) is 10.5. The largest absolute Gasteiger partial charge is 0.493 e. The van der Waals surface area contributed by atoms with Gasteiger partial charge in [0.25, 0.3) is 0 Å². The molecule has 0 fully saturated rings. The van der Waals surface area contributed by atoms with E-state index in [0.717, 1.165) is 42.6 Å². The number of aryl methyl sites for hydroxylation is 1. The zero-order valence-corrected chi connectivity index (χ0v) is 10.5. The van der Waals surface area contributed by atoms with Crippen molar-refractivity contribution in [1.82, 2.24) is 0 Å². The summed E-state index contributed by atoms with van der Waals surface area (Å²) < 4.78 is 5.62. The molecule has 0 spiro atoms. The van der Waals surface area contributed by atoms with E-state index in [9.17, 15) is 5.11 Å². The third kappa shape index (κ3) is 4.75. The first-order valence-corrected chi connectivity index (χ1v) is 6.28. The van der Waals surface area contributed by atoms with Crippen LogP contribution in [0.5, 0.6) is 5.75 Å². The minimum absolute atomic E-state index is 0.00553. The summed E-state index contributed by atoms with van der Waals surface area (Å²) in [6.07, 6.45) is 3.71. The van der Waals surface area contributed by atoms with Gasteiger partial charge < -0.3 is 14.9 Å². The predicted molar refractivity (Wildman–Crippen MR) is 68.2 cm³/mol. The highest BCUT2D eigenvalue weighted by Gasteiger charge is 2.04. The van der Waals surface area contributed by atoms with Crippen molar-refractivity contribution in [3.8, 4) is 5.75 Å². The van der Waals surface area contributed by atoms with Crippen LogP contribution in [0.15, 0.2) is 18.2 Å². The number of rotatable bonds is 8. The Labute approximate surface area is 103 Å². The lowest BCUT2D eigenvalue weighted by atomic mass is 10.1. The summed E-state index contributed by atoms with van der Waals surface area (Å²) in [7, 11) is 0. The molecule has 0 heterocycles. The van der Waals surface area contributed by atoms with Crippen molar-refractivity contribution in [3.63, 3.8) is 0 Å². The maximum Gasteiger partial charge on any atom is 0.124 e. The molecule has 0 amide bonds. The number of hydrogen-bond donors (Lipinski definition) is 2. The summed E-state index contributed by atoms with van der Waals surface area (Å²) >= 11 is 0. The minimum atomic E-state index is -0.00553. The van der Waals surface area contributed by atoms with Crippen molar-refractivity contribution in [3.05, 3.63) is 29.3 Å². The number of hydrogen-bond acceptors (Lipinski definition) is 3. The second kappa shape index (κ2) is 8.09. The Morgan fingerprint density at radius 2 is 2.00 bits per heavy atom. The third-order valence-electron chi connectivity index (χ3n) is 2.67. The van der Waals surface area contributed by atoms with Gasteiger partial charge >= 0.3 is 0 Å². The molecule has 3 nitrogen and oxygen atoms in total. The highest BCUT2D eigenvalue weighted by Crippen LogP contribution is 2.21. The van der Waals surface area contributed by atoms with Crippen molar-refractivity contribution < 1.29 is 14.9 Å². The molecular formula is C14H22O3. The number of aliphatic hydroxyl groups excluding tert-OH is 2. The molecule has 17 heavy (non-hydrogen) atoms. The van der Waals surface area contributed by atoms with Gasteiger partial charge in [0.2, 0.25) is 0 Å². The molecule has 1 aromatic rings. The molecule has 0 aliphatic heterocycles. The Kier molecular flexibility index (Phi) is 6.67. The molecule has 0 unspecified atom stereocenters. The highest BCUT2D eigenvalue weighted by molar-refractivity contribution is 5.37. The van der Waals surface area contributed by atoms with Gasteiger partial charge in [0.1, 0.15) is 5.75 Å². The van der Waals surface area contributed by atoms with Crippen molar-refractivity contribution in [2.75, 3.05) is 13.2 Å². The van der Waals surface area contributed by atoms with E-state index in [4.69, 9.17) is 9.84 Å². The van der Waals surface area contributed by atoms with Crippen molar-refractivity contribution in [1.29, 1.82) is 0 Å². The molecular weight excluding hydrogens is 216 g/mol. The molecule has 1 rings (SSSR count). The molecule has 0 saturated heterocycles. The lowest BCUT2D eigenvalue weighted by molar-refractivity contribution is 0.260.